The summed E-state index contributed by atoms with van der Waals surface area (Å²) in [4.78, 5) is 25.5. The van der Waals surface area contributed by atoms with Gasteiger partial charge in [0.1, 0.15) is 0 Å². The predicted octanol–water partition coefficient (Wildman–Crippen LogP) is 6.41. The Kier molecular flexibility index (Phi) is 9.31. The molecule has 4 unspecified atom stereocenters. The zero-order valence-electron chi connectivity index (χ0n) is 22.2. The molecule has 0 saturated carbocycles. The van der Waals surface area contributed by atoms with Crippen LogP contribution in [-0.2, 0) is 16.0 Å². The van der Waals surface area contributed by atoms with E-state index in [0.717, 1.165) is 22.3 Å². The summed E-state index contributed by atoms with van der Waals surface area (Å²) in [7, 11) is 0. The van der Waals surface area contributed by atoms with Crippen LogP contribution in [0.5, 0.6) is 0 Å². The van der Waals surface area contributed by atoms with Crippen molar-refractivity contribution in [3.8, 4) is 0 Å². The van der Waals surface area contributed by atoms with Gasteiger partial charge in [-0.1, -0.05) is 80.4 Å². The van der Waals surface area contributed by atoms with Crippen molar-refractivity contribution in [1.29, 1.82) is 0 Å². The Balaban J connectivity index is 1.41. The first-order chi connectivity index (χ1) is 18.7. The number of halogens is 2. The number of hydrogen-bond acceptors (Lipinski definition) is 4. The first-order valence-corrected chi connectivity index (χ1v) is 13.9. The van der Waals surface area contributed by atoms with Crippen LogP contribution in [0.1, 0.15) is 32.8 Å². The second-order valence-electron chi connectivity index (χ2n) is 10.2. The molecule has 3 aliphatic rings. The molecule has 0 fully saturated rings. The number of amides is 2. The van der Waals surface area contributed by atoms with Gasteiger partial charge in [0.15, 0.2) is 0 Å². The van der Waals surface area contributed by atoms with Gasteiger partial charge in [-0.3, -0.25) is 9.59 Å². The number of nitrogens with one attached hydrogen (secondary N) is 2. The summed E-state index contributed by atoms with van der Waals surface area (Å²) in [5, 5.41) is 18.3. The summed E-state index contributed by atoms with van der Waals surface area (Å²) in [5.41, 5.74) is 7.01. The van der Waals surface area contributed by atoms with Crippen LogP contribution in [0.25, 0.3) is 0 Å². The van der Waals surface area contributed by atoms with Gasteiger partial charge in [0.05, 0.1) is 18.4 Å². The lowest BCUT2D eigenvalue weighted by atomic mass is 9.72. The molecule has 3 aliphatic carbocycles. The normalized spacial score (nSPS) is 24.2. The molecular formula is C31H33Cl2N3O3. The highest BCUT2D eigenvalue weighted by Crippen LogP contribution is 2.39. The molecule has 0 bridgehead atoms. The number of benzene rings is 1. The van der Waals surface area contributed by atoms with Gasteiger partial charge in [0.25, 0.3) is 5.91 Å². The number of rotatable bonds is 8. The van der Waals surface area contributed by atoms with E-state index in [4.69, 9.17) is 23.2 Å². The Morgan fingerprint density at radius 1 is 1.03 bits per heavy atom. The average Bonchev–Trinajstić information content (AvgIpc) is 2.90. The standard InChI is InChI=1S/C31H33Cl2N3O3/c1-18-6-4-7-24-21(16-29(38)34-15-14-25-26(32)8-5-9-27(25)33)10-11-22(30(18)24)17-35-36-31(39)23-12-13-28(37)20(3)19(23)2/h4-13,17-20,30,37H,14-16H2,1-3H3,(H,34,38)(H,36,39)/b35-17+. The second kappa shape index (κ2) is 12.7. The summed E-state index contributed by atoms with van der Waals surface area (Å²) in [6.07, 6.45) is 15.8. The van der Waals surface area contributed by atoms with Crippen LogP contribution >= 0.6 is 23.2 Å². The van der Waals surface area contributed by atoms with E-state index in [2.05, 4.69) is 28.8 Å². The van der Waals surface area contributed by atoms with Crippen molar-refractivity contribution in [3.63, 3.8) is 0 Å². The van der Waals surface area contributed by atoms with Gasteiger partial charge in [-0.15, -0.1) is 0 Å². The third kappa shape index (κ3) is 6.63. The van der Waals surface area contributed by atoms with Gasteiger partial charge < -0.3 is 10.4 Å². The van der Waals surface area contributed by atoms with Crippen LogP contribution in [0, 0.1) is 23.7 Å². The molecule has 6 nitrogen and oxygen atoms in total. The molecule has 4 atom stereocenters. The lowest BCUT2D eigenvalue weighted by molar-refractivity contribution is -0.120. The minimum atomic E-state index is -0.288. The third-order valence-corrected chi connectivity index (χ3v) is 8.36. The minimum Gasteiger partial charge on any atom is -0.512 e. The molecule has 0 aromatic heterocycles. The fourth-order valence-corrected chi connectivity index (χ4v) is 5.74. The molecule has 0 aliphatic heterocycles. The molecule has 0 spiro atoms. The minimum absolute atomic E-state index is 0.0260. The molecule has 0 saturated heterocycles. The number of hydrazone groups is 1. The summed E-state index contributed by atoms with van der Waals surface area (Å²) < 4.78 is 0. The maximum Gasteiger partial charge on any atom is 0.267 e. The summed E-state index contributed by atoms with van der Waals surface area (Å²) in [6, 6.07) is 5.38. The van der Waals surface area contributed by atoms with Gasteiger partial charge >= 0.3 is 0 Å². The molecule has 0 heterocycles. The summed E-state index contributed by atoms with van der Waals surface area (Å²) in [5.74, 6) is -0.110. The first kappa shape index (κ1) is 28.7. The van der Waals surface area contributed by atoms with Gasteiger partial charge in [-0.05, 0) is 64.8 Å². The fourth-order valence-electron chi connectivity index (χ4n) is 5.15. The Labute approximate surface area is 239 Å². The number of carbonyl (C=O) groups excluding carboxylic acids is 2. The largest absolute Gasteiger partial charge is 0.512 e. The predicted molar refractivity (Wildman–Crippen MR) is 158 cm³/mol. The van der Waals surface area contributed by atoms with E-state index < -0.39 is 0 Å². The van der Waals surface area contributed by atoms with Crippen LogP contribution in [-0.4, -0.2) is 29.7 Å². The molecule has 39 heavy (non-hydrogen) atoms. The average molecular weight is 567 g/mol. The number of carbonyl (C=O) groups is 2. The smallest absolute Gasteiger partial charge is 0.267 e. The maximum absolute atomic E-state index is 12.8. The van der Waals surface area contributed by atoms with E-state index in [0.29, 0.717) is 28.6 Å². The monoisotopic (exact) mass is 565 g/mol. The highest BCUT2D eigenvalue weighted by molar-refractivity contribution is 6.36. The molecular weight excluding hydrogens is 533 g/mol. The summed E-state index contributed by atoms with van der Waals surface area (Å²) in [6.45, 7) is 6.36. The number of fused-ring (bicyclic) bond motifs is 1. The highest BCUT2D eigenvalue weighted by atomic mass is 35.5. The van der Waals surface area contributed by atoms with Crippen molar-refractivity contribution >= 4 is 41.2 Å². The first-order valence-electron chi connectivity index (χ1n) is 13.1. The van der Waals surface area contributed by atoms with Crippen LogP contribution in [0.4, 0.5) is 0 Å². The number of nitrogens with zero attached hydrogens (tertiary/aromatic N) is 1. The molecule has 8 heteroatoms. The van der Waals surface area contributed by atoms with Crippen molar-refractivity contribution in [1.82, 2.24) is 10.7 Å². The van der Waals surface area contributed by atoms with Crippen molar-refractivity contribution in [2.45, 2.75) is 33.6 Å². The van der Waals surface area contributed by atoms with E-state index in [9.17, 15) is 14.7 Å². The van der Waals surface area contributed by atoms with E-state index in [1.165, 1.54) is 0 Å². The molecule has 3 N–H and O–H groups in total. The fraction of sp³-hybridized carbons (Fsp3) is 0.323. The van der Waals surface area contributed by atoms with Gasteiger partial charge in [0, 0.05) is 34.0 Å². The van der Waals surface area contributed by atoms with Gasteiger partial charge in [-0.25, -0.2) is 5.43 Å². The number of hydrogen-bond donors (Lipinski definition) is 3. The number of allylic oxidation sites excluding steroid dienone is 10. The molecule has 1 aromatic rings. The third-order valence-electron chi connectivity index (χ3n) is 7.65. The van der Waals surface area contributed by atoms with E-state index in [-0.39, 0.29) is 47.7 Å². The quantitative estimate of drug-likeness (QED) is 0.251. The summed E-state index contributed by atoms with van der Waals surface area (Å²) >= 11 is 12.5. The topological polar surface area (TPSA) is 90.8 Å². The van der Waals surface area contributed by atoms with Crippen molar-refractivity contribution in [2.24, 2.45) is 28.8 Å². The van der Waals surface area contributed by atoms with Gasteiger partial charge in [-0.2, -0.15) is 5.10 Å². The number of aliphatic hydroxyl groups is 1. The Morgan fingerprint density at radius 3 is 2.51 bits per heavy atom. The molecule has 4 rings (SSSR count). The van der Waals surface area contributed by atoms with Crippen molar-refractivity contribution < 1.29 is 14.7 Å². The SMILES string of the molecule is CC1C=CC=C2C(CC(=O)NCCc3c(Cl)cccc3Cl)=CC=C(/C=N/NC(=O)C3=CC=C(O)C(C)C3C)C21. The Bertz CT molecular complexity index is 1350. The maximum atomic E-state index is 12.8. The van der Waals surface area contributed by atoms with E-state index in [1.807, 2.05) is 38.2 Å². The number of aliphatic hydroxyl groups excluding tert-OH is 1. The zero-order valence-corrected chi connectivity index (χ0v) is 23.8. The highest BCUT2D eigenvalue weighted by Gasteiger charge is 2.30. The second-order valence-corrected chi connectivity index (χ2v) is 11.0. The van der Waals surface area contributed by atoms with Crippen LogP contribution in [0.2, 0.25) is 10.0 Å². The van der Waals surface area contributed by atoms with Crippen molar-refractivity contribution in [3.05, 3.63) is 104 Å². The van der Waals surface area contributed by atoms with Crippen LogP contribution < -0.4 is 10.7 Å². The Morgan fingerprint density at radius 2 is 1.77 bits per heavy atom. The zero-order chi connectivity index (χ0) is 28.1. The lowest BCUT2D eigenvalue weighted by Crippen LogP contribution is -2.29. The van der Waals surface area contributed by atoms with E-state index >= 15 is 0 Å². The van der Waals surface area contributed by atoms with E-state index in [1.54, 1.807) is 36.6 Å². The molecule has 1 aromatic carbocycles. The molecule has 2 amide bonds. The van der Waals surface area contributed by atoms with Crippen molar-refractivity contribution in [2.75, 3.05) is 6.54 Å². The van der Waals surface area contributed by atoms with Crippen LogP contribution in [0.15, 0.2) is 93.9 Å². The molecule has 0 radical (unpaired) electrons. The van der Waals surface area contributed by atoms with Crippen LogP contribution in [0.3, 0.4) is 0 Å². The lowest BCUT2D eigenvalue weighted by Gasteiger charge is -2.32. The molecule has 204 valence electrons. The Hall–Kier alpha value is -3.35. The van der Waals surface area contributed by atoms with Gasteiger partial charge in [0.2, 0.25) is 5.91 Å².